The van der Waals surface area contributed by atoms with Gasteiger partial charge < -0.3 is 20.4 Å². The molecular formula is C36H48F4N8O4S3. The van der Waals surface area contributed by atoms with Crippen molar-refractivity contribution in [1.82, 2.24) is 30.0 Å². The number of hydrogen-bond donors (Lipinski definition) is 1. The molecule has 12 nitrogen and oxygen atoms in total. The molecule has 0 aliphatic carbocycles. The minimum absolute atomic E-state index is 0.206. The van der Waals surface area contributed by atoms with E-state index in [1.54, 1.807) is 20.1 Å². The van der Waals surface area contributed by atoms with Gasteiger partial charge in [0.05, 0.1) is 0 Å². The topological polar surface area (TPSA) is 149 Å². The van der Waals surface area contributed by atoms with Crippen LogP contribution in [0.1, 0.15) is 77.6 Å². The van der Waals surface area contributed by atoms with E-state index in [0.29, 0.717) is 16.5 Å². The summed E-state index contributed by atoms with van der Waals surface area (Å²) in [6.45, 7) is 14.6. The third-order valence-corrected chi connectivity index (χ3v) is 9.57. The van der Waals surface area contributed by atoms with Crippen molar-refractivity contribution in [2.24, 2.45) is 0 Å². The molecule has 4 rings (SSSR count). The number of alkyl halides is 3. The molecule has 0 saturated carbocycles. The van der Waals surface area contributed by atoms with Crippen molar-refractivity contribution >= 4 is 51.7 Å². The molecule has 55 heavy (non-hydrogen) atoms. The minimum atomic E-state index is -4.61. The van der Waals surface area contributed by atoms with Crippen LogP contribution in [0.15, 0.2) is 64.5 Å². The lowest BCUT2D eigenvalue weighted by Crippen LogP contribution is -2.40. The Morgan fingerprint density at radius 2 is 1.55 bits per heavy atom. The first-order chi connectivity index (χ1) is 25.8. The molecule has 2 aromatic heterocycles. The number of nitrogen functional groups attached to an aromatic ring is 1. The zero-order valence-electron chi connectivity index (χ0n) is 32.1. The average Bonchev–Trinajstić information content (AvgIpc) is 3.62. The van der Waals surface area contributed by atoms with Gasteiger partial charge in [-0.1, -0.05) is 105 Å². The van der Waals surface area contributed by atoms with E-state index < -0.39 is 29.5 Å². The van der Waals surface area contributed by atoms with Crippen LogP contribution in [0.3, 0.4) is 0 Å². The fraction of sp³-hybridized carbons (Fsp3) is 0.472. The molecule has 0 unspecified atom stereocenters. The number of anilines is 1. The Labute approximate surface area is 331 Å². The molecule has 0 spiro atoms. The molecule has 19 heteroatoms. The third-order valence-electron chi connectivity index (χ3n) is 7.06. The molecule has 0 bridgehead atoms. The summed E-state index contributed by atoms with van der Waals surface area (Å²) < 4.78 is 56.3. The summed E-state index contributed by atoms with van der Waals surface area (Å²) in [6, 6.07) is 15.2. The van der Waals surface area contributed by atoms with Gasteiger partial charge in [-0.05, 0) is 62.8 Å². The number of hydrogen-bond acceptors (Lipinski definition) is 12. The Hall–Kier alpha value is -4.23. The minimum Gasteiger partial charge on any atom is -0.459 e. The smallest absolute Gasteiger partial charge is 0.445 e. The van der Waals surface area contributed by atoms with E-state index >= 15 is 0 Å². The van der Waals surface area contributed by atoms with Crippen LogP contribution in [0.2, 0.25) is 0 Å². The predicted molar refractivity (Wildman–Crippen MR) is 212 cm³/mol. The van der Waals surface area contributed by atoms with Gasteiger partial charge in [-0.2, -0.15) is 17.8 Å². The molecular weight excluding hydrogens is 781 g/mol. The zero-order valence-corrected chi connectivity index (χ0v) is 34.5. The monoisotopic (exact) mass is 828 g/mol. The Morgan fingerprint density at radius 3 is 2.04 bits per heavy atom. The number of benzene rings is 2. The van der Waals surface area contributed by atoms with Gasteiger partial charge in [0.2, 0.25) is 10.2 Å². The Kier molecular flexibility index (Phi) is 19.1. The number of nitrogens with zero attached hydrogens (tertiary/aromatic N) is 7. The van der Waals surface area contributed by atoms with Gasteiger partial charge in [-0.25, -0.2) is 4.39 Å². The van der Waals surface area contributed by atoms with Crippen molar-refractivity contribution < 1.29 is 31.9 Å². The van der Waals surface area contributed by atoms with E-state index in [0.717, 1.165) is 36.4 Å². The molecule has 0 aliphatic heterocycles. The fourth-order valence-electron chi connectivity index (χ4n) is 4.55. The van der Waals surface area contributed by atoms with Gasteiger partial charge in [0, 0.05) is 36.0 Å². The maximum Gasteiger partial charge on any atom is 0.445 e. The van der Waals surface area contributed by atoms with E-state index in [1.807, 2.05) is 43.9 Å². The van der Waals surface area contributed by atoms with Crippen LogP contribution in [0.4, 0.5) is 28.0 Å². The van der Waals surface area contributed by atoms with E-state index in [1.165, 1.54) is 58.3 Å². The maximum atomic E-state index is 13.0. The van der Waals surface area contributed by atoms with Crippen molar-refractivity contribution in [2.45, 2.75) is 89.9 Å². The van der Waals surface area contributed by atoms with E-state index in [9.17, 15) is 31.9 Å². The Morgan fingerprint density at radius 1 is 0.945 bits per heavy atom. The third kappa shape index (κ3) is 15.4. The second-order valence-corrected chi connectivity index (χ2v) is 15.6. The van der Waals surface area contributed by atoms with Crippen LogP contribution < -0.4 is 21.0 Å². The molecule has 302 valence electrons. The lowest BCUT2D eigenvalue weighted by Gasteiger charge is -2.26. The number of ether oxygens (including phenoxy) is 1. The SMILES string of the molecule is CC(C)N(C(=O)COc1nnc(C(F)(F)F)s1)c1ccc(F)cc1.CCCN(CCC)C(=O)SCc1ccccc1.CSc1nnc(C(C)(C)C)c(=O)n1N. The molecule has 2 heterocycles. The van der Waals surface area contributed by atoms with Crippen LogP contribution in [-0.2, 0) is 22.1 Å². The molecule has 0 aliphatic rings. The highest BCUT2D eigenvalue weighted by molar-refractivity contribution is 8.12. The average molecular weight is 829 g/mol. The number of carbonyl (C=O) groups is 2. The number of rotatable bonds is 12. The van der Waals surface area contributed by atoms with Crippen molar-refractivity contribution in [3.05, 3.63) is 87.0 Å². The van der Waals surface area contributed by atoms with Gasteiger partial charge in [0.25, 0.3) is 21.9 Å². The number of thioether (sulfide) groups is 2. The standard InChI is InChI=1S/C14H13F4N3O2S.C14H21NOS.C8H14N4OS/c1-8(2)21(10-5-3-9(15)4-6-10)11(22)7-23-13-20-19-12(24-13)14(16,17)18;1-3-10-15(11-4-2)14(16)17-12-13-8-6-5-7-9-13;1-8(2,3)5-6(13)12(9)7(14-4)11-10-5/h3-6,8H,7H2,1-2H3;5-9H,3-4,10-12H2,1-2H3;9H2,1-4H3. The van der Waals surface area contributed by atoms with Gasteiger partial charge in [0.1, 0.15) is 11.5 Å². The van der Waals surface area contributed by atoms with E-state index in [2.05, 4.69) is 46.4 Å². The van der Waals surface area contributed by atoms with Crippen LogP contribution in [0.5, 0.6) is 5.19 Å². The number of halogens is 4. The van der Waals surface area contributed by atoms with Gasteiger partial charge in [0.15, 0.2) is 6.61 Å². The molecule has 4 aromatic rings. The normalized spacial score (nSPS) is 11.2. The summed E-state index contributed by atoms with van der Waals surface area (Å²) in [6.07, 6.45) is -0.764. The van der Waals surface area contributed by atoms with Gasteiger partial charge in [-0.15, -0.1) is 15.3 Å². The Bertz CT molecular complexity index is 1830. The lowest BCUT2D eigenvalue weighted by molar-refractivity contribution is -0.138. The molecule has 2 amide bonds. The summed E-state index contributed by atoms with van der Waals surface area (Å²) in [7, 11) is 0. The molecule has 0 saturated heterocycles. The second-order valence-electron chi connectivity index (χ2n) is 13.0. The number of nitrogens with two attached hydrogens (primary N) is 1. The lowest BCUT2D eigenvalue weighted by atomic mass is 9.93. The number of amides is 2. The summed E-state index contributed by atoms with van der Waals surface area (Å²) >= 11 is 2.91. The van der Waals surface area contributed by atoms with E-state index in [4.69, 9.17) is 10.6 Å². The first-order valence-electron chi connectivity index (χ1n) is 17.2. The fourth-order valence-corrected chi connectivity index (χ4v) is 6.36. The van der Waals surface area contributed by atoms with Crippen LogP contribution in [0.25, 0.3) is 0 Å². The largest absolute Gasteiger partial charge is 0.459 e. The first kappa shape index (κ1) is 46.9. The maximum absolute atomic E-state index is 13.0. The van der Waals surface area contributed by atoms with Gasteiger partial charge in [-0.3, -0.25) is 14.4 Å². The number of carbonyl (C=O) groups excluding carboxylic acids is 2. The molecule has 2 aromatic carbocycles. The highest BCUT2D eigenvalue weighted by atomic mass is 32.2. The zero-order chi connectivity index (χ0) is 41.3. The molecule has 0 radical (unpaired) electrons. The van der Waals surface area contributed by atoms with Crippen molar-refractivity contribution in [1.29, 1.82) is 0 Å². The van der Waals surface area contributed by atoms with Crippen molar-refractivity contribution in [3.63, 3.8) is 0 Å². The summed E-state index contributed by atoms with van der Waals surface area (Å²) in [5, 5.41) is 13.1. The van der Waals surface area contributed by atoms with E-state index in [-0.39, 0.29) is 38.8 Å². The Balaban J connectivity index is 0.000000298. The quantitative estimate of drug-likeness (QED) is 0.0840. The summed E-state index contributed by atoms with van der Waals surface area (Å²) in [5.41, 5.74) is 1.43. The summed E-state index contributed by atoms with van der Waals surface area (Å²) in [5.74, 6) is 5.39. The molecule has 0 atom stereocenters. The highest BCUT2D eigenvalue weighted by Gasteiger charge is 2.36. The van der Waals surface area contributed by atoms with Crippen LogP contribution in [0, 0.1) is 5.82 Å². The van der Waals surface area contributed by atoms with Crippen molar-refractivity contribution in [2.75, 3.05) is 36.7 Å². The highest BCUT2D eigenvalue weighted by Crippen LogP contribution is 2.34. The van der Waals surface area contributed by atoms with Crippen LogP contribution >= 0.6 is 34.9 Å². The molecule has 0 fully saturated rings. The number of aromatic nitrogens is 5. The second kappa shape index (κ2) is 22.4. The first-order valence-corrected chi connectivity index (χ1v) is 20.2. The molecule has 2 N–H and O–H groups in total. The van der Waals surface area contributed by atoms with Crippen LogP contribution in [-0.4, -0.2) is 73.1 Å². The summed E-state index contributed by atoms with van der Waals surface area (Å²) in [4.78, 5) is 39.3. The van der Waals surface area contributed by atoms with Gasteiger partial charge >= 0.3 is 6.18 Å². The predicted octanol–water partition coefficient (Wildman–Crippen LogP) is 8.05. The van der Waals surface area contributed by atoms with Crippen molar-refractivity contribution in [3.8, 4) is 5.19 Å².